The quantitative estimate of drug-likeness (QED) is 0.434. The number of thiophene rings is 1. The van der Waals surface area contributed by atoms with E-state index in [-0.39, 0.29) is 24.0 Å². The summed E-state index contributed by atoms with van der Waals surface area (Å²) in [7, 11) is 3.85. The fourth-order valence-electron chi connectivity index (χ4n) is 3.12. The summed E-state index contributed by atoms with van der Waals surface area (Å²) in [5, 5.41) is 9.97. The van der Waals surface area contributed by atoms with E-state index in [0.29, 0.717) is 11.8 Å². The van der Waals surface area contributed by atoms with Gasteiger partial charge in [0.15, 0.2) is 5.96 Å². The molecule has 0 saturated carbocycles. The zero-order valence-electron chi connectivity index (χ0n) is 14.5. The highest BCUT2D eigenvalue weighted by Gasteiger charge is 2.27. The molecular formula is C17H26IN5S. The summed E-state index contributed by atoms with van der Waals surface area (Å²) in [6.07, 6.45) is 5.28. The molecule has 0 bridgehead atoms. The maximum Gasteiger partial charge on any atom is 0.193 e. The van der Waals surface area contributed by atoms with Crippen LogP contribution in [-0.2, 0) is 7.05 Å². The molecule has 1 saturated heterocycles. The lowest BCUT2D eigenvalue weighted by atomic mass is 10.0. The third-order valence-corrected chi connectivity index (χ3v) is 5.59. The number of hydrogen-bond donors (Lipinski definition) is 1. The molecule has 7 heteroatoms. The lowest BCUT2D eigenvalue weighted by Gasteiger charge is -2.23. The number of nitrogens with one attached hydrogen (secondary N) is 1. The molecule has 0 aliphatic carbocycles. The van der Waals surface area contributed by atoms with Crippen molar-refractivity contribution in [3.63, 3.8) is 0 Å². The molecule has 132 valence electrons. The number of aryl methyl sites for hydroxylation is 1. The molecule has 0 spiro atoms. The highest BCUT2D eigenvalue weighted by atomic mass is 127. The average Bonchev–Trinajstić information content (AvgIpc) is 3.28. The molecule has 1 N–H and O–H groups in total. The number of halogens is 1. The average molecular weight is 459 g/mol. The molecule has 24 heavy (non-hydrogen) atoms. The Morgan fingerprint density at radius 2 is 2.38 bits per heavy atom. The SMILES string of the molecule is CN=C(NCC(C)c1cccs1)N1CCC(c2cnn(C)c2)C1.I. The molecule has 1 aliphatic heterocycles. The molecule has 2 unspecified atom stereocenters. The van der Waals surface area contributed by atoms with E-state index in [1.807, 2.05) is 36.3 Å². The minimum Gasteiger partial charge on any atom is -0.356 e. The maximum absolute atomic E-state index is 4.47. The van der Waals surface area contributed by atoms with Crippen molar-refractivity contribution in [1.29, 1.82) is 0 Å². The number of rotatable bonds is 4. The van der Waals surface area contributed by atoms with Crippen LogP contribution in [-0.4, -0.2) is 47.3 Å². The molecule has 1 aliphatic rings. The van der Waals surface area contributed by atoms with Crippen molar-refractivity contribution in [3.05, 3.63) is 40.3 Å². The van der Waals surface area contributed by atoms with Gasteiger partial charge in [0.25, 0.3) is 0 Å². The normalized spacial score (nSPS) is 19.2. The van der Waals surface area contributed by atoms with Crippen LogP contribution in [0.1, 0.15) is 35.6 Å². The first-order valence-electron chi connectivity index (χ1n) is 8.15. The smallest absolute Gasteiger partial charge is 0.193 e. The van der Waals surface area contributed by atoms with Gasteiger partial charge >= 0.3 is 0 Å². The van der Waals surface area contributed by atoms with Crippen molar-refractivity contribution in [3.8, 4) is 0 Å². The summed E-state index contributed by atoms with van der Waals surface area (Å²) in [4.78, 5) is 8.25. The lowest BCUT2D eigenvalue weighted by molar-refractivity contribution is 0.483. The fourth-order valence-corrected chi connectivity index (χ4v) is 3.91. The highest BCUT2D eigenvalue weighted by Crippen LogP contribution is 2.27. The molecule has 1 fully saturated rings. The molecule has 0 radical (unpaired) electrons. The first kappa shape index (κ1) is 19.2. The lowest BCUT2D eigenvalue weighted by Crippen LogP contribution is -2.41. The van der Waals surface area contributed by atoms with Crippen LogP contribution in [0.4, 0.5) is 0 Å². The molecule has 2 aromatic rings. The summed E-state index contributed by atoms with van der Waals surface area (Å²) in [6.45, 7) is 5.24. The van der Waals surface area contributed by atoms with E-state index < -0.39 is 0 Å². The Balaban J connectivity index is 0.00000208. The highest BCUT2D eigenvalue weighted by molar-refractivity contribution is 14.0. The zero-order chi connectivity index (χ0) is 16.2. The number of likely N-dealkylation sites (tertiary alicyclic amines) is 1. The number of guanidine groups is 1. The minimum atomic E-state index is 0. The van der Waals surface area contributed by atoms with Crippen LogP contribution in [0.2, 0.25) is 0 Å². The van der Waals surface area contributed by atoms with Crippen molar-refractivity contribution in [2.75, 3.05) is 26.7 Å². The number of aliphatic imine (C=N–C) groups is 1. The fraction of sp³-hybridized carbons (Fsp3) is 0.529. The monoisotopic (exact) mass is 459 g/mol. The van der Waals surface area contributed by atoms with Gasteiger partial charge in [-0.25, -0.2) is 0 Å². The van der Waals surface area contributed by atoms with Gasteiger partial charge in [-0.1, -0.05) is 13.0 Å². The van der Waals surface area contributed by atoms with E-state index >= 15 is 0 Å². The van der Waals surface area contributed by atoms with E-state index in [9.17, 15) is 0 Å². The zero-order valence-corrected chi connectivity index (χ0v) is 17.6. The van der Waals surface area contributed by atoms with Crippen molar-refractivity contribution >= 4 is 41.3 Å². The van der Waals surface area contributed by atoms with Gasteiger partial charge < -0.3 is 10.2 Å². The third kappa shape index (κ3) is 4.50. The van der Waals surface area contributed by atoms with Crippen molar-refractivity contribution in [2.24, 2.45) is 12.0 Å². The first-order valence-corrected chi connectivity index (χ1v) is 9.03. The second kappa shape index (κ2) is 8.84. The Morgan fingerprint density at radius 3 is 3.00 bits per heavy atom. The minimum absolute atomic E-state index is 0. The Bertz CT molecular complexity index is 652. The predicted octanol–water partition coefficient (Wildman–Crippen LogP) is 3.27. The van der Waals surface area contributed by atoms with Crippen LogP contribution >= 0.6 is 35.3 Å². The third-order valence-electron chi connectivity index (χ3n) is 4.49. The Kier molecular flexibility index (Phi) is 7.09. The van der Waals surface area contributed by atoms with Crippen LogP contribution in [0.15, 0.2) is 34.9 Å². The second-order valence-electron chi connectivity index (χ2n) is 6.22. The van der Waals surface area contributed by atoms with Gasteiger partial charge in [-0.15, -0.1) is 35.3 Å². The second-order valence-corrected chi connectivity index (χ2v) is 7.20. The van der Waals surface area contributed by atoms with Gasteiger partial charge in [0, 0.05) is 56.6 Å². The summed E-state index contributed by atoms with van der Waals surface area (Å²) < 4.78 is 1.88. The molecule has 5 nitrogen and oxygen atoms in total. The molecule has 3 rings (SSSR count). The van der Waals surface area contributed by atoms with Crippen LogP contribution in [0.5, 0.6) is 0 Å². The van der Waals surface area contributed by atoms with Gasteiger partial charge in [0.1, 0.15) is 0 Å². The Morgan fingerprint density at radius 1 is 1.54 bits per heavy atom. The maximum atomic E-state index is 4.47. The van der Waals surface area contributed by atoms with Crippen LogP contribution < -0.4 is 5.32 Å². The van der Waals surface area contributed by atoms with E-state index in [2.05, 4.69) is 50.9 Å². The van der Waals surface area contributed by atoms with E-state index in [1.54, 1.807) is 0 Å². The van der Waals surface area contributed by atoms with Crippen LogP contribution in [0, 0.1) is 0 Å². The van der Waals surface area contributed by atoms with Crippen molar-refractivity contribution in [1.82, 2.24) is 20.0 Å². The van der Waals surface area contributed by atoms with Crippen molar-refractivity contribution < 1.29 is 0 Å². The van der Waals surface area contributed by atoms with E-state index in [1.165, 1.54) is 10.4 Å². The largest absolute Gasteiger partial charge is 0.356 e. The standard InChI is InChI=1S/C17H25N5S.HI/c1-13(16-5-4-8-23-16)9-19-17(18-2)22-7-6-14(12-22)15-10-20-21(3)11-15;/h4-5,8,10-11,13-14H,6-7,9,12H2,1-3H3,(H,18,19);1H. The summed E-state index contributed by atoms with van der Waals surface area (Å²) in [5.74, 6) is 2.07. The number of aromatic nitrogens is 2. The Labute approximate surface area is 165 Å². The van der Waals surface area contributed by atoms with Gasteiger partial charge in [-0.3, -0.25) is 9.67 Å². The number of hydrogen-bond acceptors (Lipinski definition) is 3. The van der Waals surface area contributed by atoms with Gasteiger partial charge in [-0.05, 0) is 23.4 Å². The van der Waals surface area contributed by atoms with Crippen LogP contribution in [0.3, 0.4) is 0 Å². The van der Waals surface area contributed by atoms with E-state index in [4.69, 9.17) is 0 Å². The van der Waals surface area contributed by atoms with Gasteiger partial charge in [-0.2, -0.15) is 5.10 Å². The predicted molar refractivity (Wildman–Crippen MR) is 112 cm³/mol. The summed E-state index contributed by atoms with van der Waals surface area (Å²) in [6, 6.07) is 4.32. The molecule has 0 aromatic carbocycles. The molecule has 2 atom stereocenters. The number of nitrogens with zero attached hydrogens (tertiary/aromatic N) is 4. The first-order chi connectivity index (χ1) is 11.2. The Hall–Kier alpha value is -1.09. The van der Waals surface area contributed by atoms with Crippen molar-refractivity contribution in [2.45, 2.75) is 25.2 Å². The molecular weight excluding hydrogens is 433 g/mol. The van der Waals surface area contributed by atoms with Crippen LogP contribution in [0.25, 0.3) is 0 Å². The topological polar surface area (TPSA) is 45.5 Å². The molecule has 2 aromatic heterocycles. The van der Waals surface area contributed by atoms with Gasteiger partial charge in [0.05, 0.1) is 6.20 Å². The summed E-state index contributed by atoms with van der Waals surface area (Å²) >= 11 is 1.82. The summed E-state index contributed by atoms with van der Waals surface area (Å²) in [5.41, 5.74) is 1.33. The van der Waals surface area contributed by atoms with Gasteiger partial charge in [0.2, 0.25) is 0 Å². The molecule has 3 heterocycles. The molecule has 0 amide bonds. The van der Waals surface area contributed by atoms with E-state index in [0.717, 1.165) is 32.0 Å².